The highest BCUT2D eigenvalue weighted by Crippen LogP contribution is 2.17. The largest absolute Gasteiger partial charge is 0.378 e. The Kier molecular flexibility index (Phi) is 5.07. The molecule has 1 saturated heterocycles. The van der Waals surface area contributed by atoms with Crippen LogP contribution < -0.4 is 5.32 Å². The van der Waals surface area contributed by atoms with Crippen molar-refractivity contribution < 1.29 is 4.74 Å². The maximum Gasteiger partial charge on any atom is 0.0622 e. The van der Waals surface area contributed by atoms with Gasteiger partial charge < -0.3 is 10.1 Å². The zero-order valence-corrected chi connectivity index (χ0v) is 10.6. The summed E-state index contributed by atoms with van der Waals surface area (Å²) in [6, 6.07) is 1.46. The number of hydrogen-bond donors (Lipinski definition) is 1. The molecule has 1 aliphatic heterocycles. The summed E-state index contributed by atoms with van der Waals surface area (Å²) in [6.45, 7) is 7.57. The molecule has 94 valence electrons. The highest BCUT2D eigenvalue weighted by molar-refractivity contribution is 4.77. The van der Waals surface area contributed by atoms with Crippen LogP contribution in [0.15, 0.2) is 0 Å². The van der Waals surface area contributed by atoms with Crippen molar-refractivity contribution in [2.75, 3.05) is 32.8 Å². The summed E-state index contributed by atoms with van der Waals surface area (Å²) in [5, 5.41) is 3.69. The molecule has 1 atom stereocenters. The normalized spacial score (nSPS) is 28.7. The van der Waals surface area contributed by atoms with Gasteiger partial charge in [-0.25, -0.2) is 0 Å². The fourth-order valence-electron chi connectivity index (χ4n) is 2.90. The Morgan fingerprint density at radius 2 is 2.12 bits per heavy atom. The molecular weight excluding hydrogens is 200 g/mol. The van der Waals surface area contributed by atoms with Crippen LogP contribution in [0.2, 0.25) is 0 Å². The topological polar surface area (TPSA) is 24.5 Å². The van der Waals surface area contributed by atoms with Crippen LogP contribution in [0.25, 0.3) is 0 Å². The molecule has 0 bridgehead atoms. The molecule has 0 aromatic carbocycles. The van der Waals surface area contributed by atoms with Crippen molar-refractivity contribution in [3.05, 3.63) is 0 Å². The van der Waals surface area contributed by atoms with Gasteiger partial charge in [0.25, 0.3) is 0 Å². The molecule has 16 heavy (non-hydrogen) atoms. The minimum absolute atomic E-state index is 0.652. The van der Waals surface area contributed by atoms with Crippen molar-refractivity contribution in [2.24, 2.45) is 0 Å². The van der Waals surface area contributed by atoms with E-state index in [2.05, 4.69) is 17.1 Å². The third-order valence-electron chi connectivity index (χ3n) is 4.01. The number of nitrogens with one attached hydrogen (secondary N) is 1. The Morgan fingerprint density at radius 3 is 2.88 bits per heavy atom. The molecule has 2 aliphatic rings. The highest BCUT2D eigenvalue weighted by atomic mass is 16.5. The van der Waals surface area contributed by atoms with Gasteiger partial charge in [-0.3, -0.25) is 4.90 Å². The van der Waals surface area contributed by atoms with Crippen LogP contribution in [0.5, 0.6) is 0 Å². The van der Waals surface area contributed by atoms with E-state index in [1.807, 2.05) is 0 Å². The van der Waals surface area contributed by atoms with Gasteiger partial charge in [-0.1, -0.05) is 19.8 Å². The van der Waals surface area contributed by atoms with E-state index in [4.69, 9.17) is 4.74 Å². The van der Waals surface area contributed by atoms with Crippen molar-refractivity contribution in [2.45, 2.75) is 51.1 Å². The zero-order valence-electron chi connectivity index (χ0n) is 10.6. The lowest BCUT2D eigenvalue weighted by molar-refractivity contribution is -0.00807. The summed E-state index contributed by atoms with van der Waals surface area (Å²) in [5.41, 5.74) is 0. The Hall–Kier alpha value is -0.120. The van der Waals surface area contributed by atoms with Crippen LogP contribution in [0.4, 0.5) is 0 Å². The van der Waals surface area contributed by atoms with Crippen molar-refractivity contribution in [1.82, 2.24) is 10.2 Å². The average molecular weight is 226 g/mol. The molecular formula is C13H26N2O. The first-order valence-electron chi connectivity index (χ1n) is 6.95. The first-order chi connectivity index (χ1) is 7.90. The lowest BCUT2D eigenvalue weighted by atomic mass is 10.2. The smallest absolute Gasteiger partial charge is 0.0622 e. The maximum absolute atomic E-state index is 5.52. The van der Waals surface area contributed by atoms with E-state index in [9.17, 15) is 0 Å². The highest BCUT2D eigenvalue weighted by Gasteiger charge is 2.21. The molecule has 3 heteroatoms. The predicted octanol–water partition coefficient (Wildman–Crippen LogP) is 1.63. The fourth-order valence-corrected chi connectivity index (χ4v) is 2.90. The molecule has 0 radical (unpaired) electrons. The van der Waals surface area contributed by atoms with E-state index < -0.39 is 0 Å². The van der Waals surface area contributed by atoms with Crippen molar-refractivity contribution in [1.29, 1.82) is 0 Å². The van der Waals surface area contributed by atoms with E-state index in [-0.39, 0.29) is 0 Å². The van der Waals surface area contributed by atoms with Gasteiger partial charge in [-0.2, -0.15) is 0 Å². The molecule has 1 aliphatic carbocycles. The van der Waals surface area contributed by atoms with Gasteiger partial charge in [0, 0.05) is 31.7 Å². The second kappa shape index (κ2) is 6.58. The van der Waals surface area contributed by atoms with Crippen molar-refractivity contribution in [3.63, 3.8) is 0 Å². The molecule has 0 amide bonds. The minimum atomic E-state index is 0.652. The third kappa shape index (κ3) is 3.44. The molecule has 3 nitrogen and oxygen atoms in total. The molecule has 1 saturated carbocycles. The second-order valence-corrected chi connectivity index (χ2v) is 5.11. The molecule has 1 N–H and O–H groups in total. The maximum atomic E-state index is 5.52. The summed E-state index contributed by atoms with van der Waals surface area (Å²) in [6.07, 6.45) is 6.84. The summed E-state index contributed by atoms with van der Waals surface area (Å²) in [4.78, 5) is 2.59. The molecule has 1 heterocycles. The van der Waals surface area contributed by atoms with E-state index in [0.29, 0.717) is 6.04 Å². The van der Waals surface area contributed by atoms with Gasteiger partial charge in [0.2, 0.25) is 0 Å². The molecule has 2 rings (SSSR count). The van der Waals surface area contributed by atoms with E-state index in [0.717, 1.165) is 32.3 Å². The Balaban J connectivity index is 1.63. The van der Waals surface area contributed by atoms with Gasteiger partial charge in [-0.15, -0.1) is 0 Å². The standard InChI is InChI=1S/C13H26N2O/c1-2-13-11-16-10-9-15(13)8-7-14-12-5-3-4-6-12/h12-14H,2-11H2,1H3. The number of rotatable bonds is 5. The van der Waals surface area contributed by atoms with E-state index in [1.54, 1.807) is 0 Å². The predicted molar refractivity (Wildman–Crippen MR) is 66.7 cm³/mol. The number of ether oxygens (including phenoxy) is 1. The van der Waals surface area contributed by atoms with E-state index >= 15 is 0 Å². The number of hydrogen-bond acceptors (Lipinski definition) is 3. The molecule has 0 aromatic rings. The average Bonchev–Trinajstić information content (AvgIpc) is 2.83. The van der Waals surface area contributed by atoms with Crippen molar-refractivity contribution >= 4 is 0 Å². The molecule has 0 aromatic heterocycles. The van der Waals surface area contributed by atoms with E-state index in [1.165, 1.54) is 38.6 Å². The Bertz CT molecular complexity index is 192. The number of morpholine rings is 1. The summed E-state index contributed by atoms with van der Waals surface area (Å²) >= 11 is 0. The fraction of sp³-hybridized carbons (Fsp3) is 1.00. The minimum Gasteiger partial charge on any atom is -0.378 e. The van der Waals surface area contributed by atoms with Crippen LogP contribution in [0, 0.1) is 0 Å². The lowest BCUT2D eigenvalue weighted by Gasteiger charge is -2.35. The summed E-state index contributed by atoms with van der Waals surface area (Å²) < 4.78 is 5.52. The van der Waals surface area contributed by atoms with Crippen LogP contribution in [-0.4, -0.2) is 49.8 Å². The summed E-state index contributed by atoms with van der Waals surface area (Å²) in [7, 11) is 0. The first kappa shape index (κ1) is 12.3. The quantitative estimate of drug-likeness (QED) is 0.771. The van der Waals surface area contributed by atoms with Crippen LogP contribution in [-0.2, 0) is 4.74 Å². The Morgan fingerprint density at radius 1 is 1.31 bits per heavy atom. The van der Waals surface area contributed by atoms with Crippen LogP contribution >= 0.6 is 0 Å². The summed E-state index contributed by atoms with van der Waals surface area (Å²) in [5.74, 6) is 0. The third-order valence-corrected chi connectivity index (χ3v) is 4.01. The van der Waals surface area contributed by atoms with Gasteiger partial charge in [0.15, 0.2) is 0 Å². The van der Waals surface area contributed by atoms with Gasteiger partial charge in [0.05, 0.1) is 13.2 Å². The van der Waals surface area contributed by atoms with Gasteiger partial charge in [-0.05, 0) is 19.3 Å². The molecule has 2 fully saturated rings. The van der Waals surface area contributed by atoms with Crippen molar-refractivity contribution in [3.8, 4) is 0 Å². The first-order valence-corrected chi connectivity index (χ1v) is 6.95. The Labute approximate surface area is 99.5 Å². The van der Waals surface area contributed by atoms with Gasteiger partial charge in [0.1, 0.15) is 0 Å². The zero-order chi connectivity index (χ0) is 11.2. The second-order valence-electron chi connectivity index (χ2n) is 5.11. The van der Waals surface area contributed by atoms with Crippen LogP contribution in [0.3, 0.4) is 0 Å². The lowest BCUT2D eigenvalue weighted by Crippen LogP contribution is -2.48. The van der Waals surface area contributed by atoms with Gasteiger partial charge >= 0.3 is 0 Å². The number of nitrogens with zero attached hydrogens (tertiary/aromatic N) is 1. The SMILES string of the molecule is CCC1COCCN1CCNC1CCCC1. The van der Waals surface area contributed by atoms with Crippen LogP contribution in [0.1, 0.15) is 39.0 Å². The molecule has 1 unspecified atom stereocenters. The molecule has 0 spiro atoms. The monoisotopic (exact) mass is 226 g/mol.